The van der Waals surface area contributed by atoms with E-state index in [-0.39, 0.29) is 0 Å². The van der Waals surface area contributed by atoms with Gasteiger partial charge < -0.3 is 5.32 Å². The van der Waals surface area contributed by atoms with Crippen molar-refractivity contribution in [2.45, 2.75) is 19.3 Å². The predicted molar refractivity (Wildman–Crippen MR) is 66.8 cm³/mol. The van der Waals surface area contributed by atoms with Gasteiger partial charge in [0, 0.05) is 36.3 Å². The molecule has 0 spiro atoms. The van der Waals surface area contributed by atoms with E-state index in [2.05, 4.69) is 20.3 Å². The summed E-state index contributed by atoms with van der Waals surface area (Å²) in [5.74, 6) is 1.76. The molecular formula is C13H14N4. The third kappa shape index (κ3) is 1.75. The van der Waals surface area contributed by atoms with E-state index in [0.717, 1.165) is 30.0 Å². The van der Waals surface area contributed by atoms with Gasteiger partial charge in [-0.3, -0.25) is 4.98 Å². The molecule has 1 N–H and O–H groups in total. The first-order chi connectivity index (χ1) is 8.38. The number of fused-ring (bicyclic) bond motifs is 1. The minimum Gasteiger partial charge on any atom is -0.373 e. The van der Waals surface area contributed by atoms with Crippen molar-refractivity contribution >= 4 is 5.82 Å². The molecule has 4 heteroatoms. The normalized spacial score (nSPS) is 13.5. The number of pyridine rings is 1. The molecule has 0 bridgehead atoms. The van der Waals surface area contributed by atoms with Crippen LogP contribution in [-0.4, -0.2) is 22.0 Å². The fraction of sp³-hybridized carbons (Fsp3) is 0.308. The lowest BCUT2D eigenvalue weighted by molar-refractivity contribution is 0.900. The van der Waals surface area contributed by atoms with Gasteiger partial charge in [-0.05, 0) is 31.4 Å². The van der Waals surface area contributed by atoms with Crippen molar-refractivity contribution in [1.82, 2.24) is 15.0 Å². The van der Waals surface area contributed by atoms with Gasteiger partial charge in [-0.1, -0.05) is 0 Å². The minimum absolute atomic E-state index is 0.789. The maximum Gasteiger partial charge on any atom is 0.161 e. The fourth-order valence-corrected chi connectivity index (χ4v) is 2.27. The molecule has 17 heavy (non-hydrogen) atoms. The van der Waals surface area contributed by atoms with E-state index in [0.29, 0.717) is 0 Å². The fourth-order valence-electron chi connectivity index (χ4n) is 2.27. The van der Waals surface area contributed by atoms with E-state index >= 15 is 0 Å². The molecular weight excluding hydrogens is 212 g/mol. The molecule has 0 saturated heterocycles. The van der Waals surface area contributed by atoms with Crippen LogP contribution < -0.4 is 5.32 Å². The molecule has 0 aliphatic heterocycles. The van der Waals surface area contributed by atoms with Gasteiger partial charge in [0.15, 0.2) is 5.82 Å². The highest BCUT2D eigenvalue weighted by Crippen LogP contribution is 2.28. The third-order valence-corrected chi connectivity index (χ3v) is 3.11. The lowest BCUT2D eigenvalue weighted by atomic mass is 10.2. The van der Waals surface area contributed by atoms with E-state index in [9.17, 15) is 0 Å². The summed E-state index contributed by atoms with van der Waals surface area (Å²) in [5, 5.41) is 3.17. The number of nitrogens with zero attached hydrogens (tertiary/aromatic N) is 3. The topological polar surface area (TPSA) is 50.7 Å². The largest absolute Gasteiger partial charge is 0.373 e. The molecule has 86 valence electrons. The highest BCUT2D eigenvalue weighted by Gasteiger charge is 2.18. The molecule has 2 heterocycles. The van der Waals surface area contributed by atoms with Crippen LogP contribution >= 0.6 is 0 Å². The lowest BCUT2D eigenvalue weighted by Gasteiger charge is -2.09. The minimum atomic E-state index is 0.789. The van der Waals surface area contributed by atoms with Crippen LogP contribution in [0.2, 0.25) is 0 Å². The van der Waals surface area contributed by atoms with Gasteiger partial charge >= 0.3 is 0 Å². The second-order valence-corrected chi connectivity index (χ2v) is 4.16. The van der Waals surface area contributed by atoms with Gasteiger partial charge in [0.25, 0.3) is 0 Å². The van der Waals surface area contributed by atoms with Gasteiger partial charge in [0.05, 0.1) is 0 Å². The SMILES string of the molecule is CNc1nc(-c2ccncc2)nc2c1CCC2. The second-order valence-electron chi connectivity index (χ2n) is 4.16. The van der Waals surface area contributed by atoms with E-state index < -0.39 is 0 Å². The molecule has 0 radical (unpaired) electrons. The predicted octanol–water partition coefficient (Wildman–Crippen LogP) is 2.07. The monoisotopic (exact) mass is 226 g/mol. The molecule has 0 fully saturated rings. The van der Waals surface area contributed by atoms with Crippen LogP contribution in [0.1, 0.15) is 17.7 Å². The number of anilines is 1. The molecule has 2 aromatic rings. The van der Waals surface area contributed by atoms with E-state index in [1.165, 1.54) is 17.7 Å². The zero-order valence-electron chi connectivity index (χ0n) is 9.77. The quantitative estimate of drug-likeness (QED) is 0.851. The Labute approximate surface area is 100 Å². The average Bonchev–Trinajstić information content (AvgIpc) is 2.86. The molecule has 2 aromatic heterocycles. The maximum absolute atomic E-state index is 4.65. The molecule has 0 aromatic carbocycles. The first-order valence-electron chi connectivity index (χ1n) is 5.86. The van der Waals surface area contributed by atoms with Crippen molar-refractivity contribution < 1.29 is 0 Å². The van der Waals surface area contributed by atoms with Gasteiger partial charge in [-0.2, -0.15) is 0 Å². The molecule has 0 unspecified atom stereocenters. The molecule has 4 nitrogen and oxygen atoms in total. The zero-order valence-corrected chi connectivity index (χ0v) is 9.77. The highest BCUT2D eigenvalue weighted by molar-refractivity contribution is 5.60. The summed E-state index contributed by atoms with van der Waals surface area (Å²) < 4.78 is 0. The summed E-state index contributed by atoms with van der Waals surface area (Å²) in [6.07, 6.45) is 6.86. The van der Waals surface area contributed by atoms with Crippen LogP contribution in [0, 0.1) is 0 Å². The summed E-state index contributed by atoms with van der Waals surface area (Å²) >= 11 is 0. The summed E-state index contributed by atoms with van der Waals surface area (Å²) in [5.41, 5.74) is 3.49. The number of aryl methyl sites for hydroxylation is 1. The van der Waals surface area contributed by atoms with Crippen LogP contribution in [0.4, 0.5) is 5.82 Å². The average molecular weight is 226 g/mol. The van der Waals surface area contributed by atoms with Gasteiger partial charge in [-0.25, -0.2) is 9.97 Å². The Morgan fingerprint density at radius 1 is 1.12 bits per heavy atom. The Kier molecular flexibility index (Phi) is 2.48. The van der Waals surface area contributed by atoms with Crippen molar-refractivity contribution in [1.29, 1.82) is 0 Å². The van der Waals surface area contributed by atoms with Gasteiger partial charge in [0.1, 0.15) is 5.82 Å². The summed E-state index contributed by atoms with van der Waals surface area (Å²) in [7, 11) is 1.91. The molecule has 0 amide bonds. The zero-order chi connectivity index (χ0) is 11.7. The lowest BCUT2D eigenvalue weighted by Crippen LogP contribution is -2.03. The molecule has 1 aliphatic carbocycles. The molecule has 3 rings (SSSR count). The van der Waals surface area contributed by atoms with E-state index in [1.807, 2.05) is 19.2 Å². The van der Waals surface area contributed by atoms with E-state index in [1.54, 1.807) is 12.4 Å². The first kappa shape index (κ1) is 10.2. The Morgan fingerprint density at radius 3 is 2.71 bits per heavy atom. The summed E-state index contributed by atoms with van der Waals surface area (Å²) in [6.45, 7) is 0. The number of nitrogens with one attached hydrogen (secondary N) is 1. The van der Waals surface area contributed by atoms with Crippen LogP contribution in [-0.2, 0) is 12.8 Å². The van der Waals surface area contributed by atoms with Gasteiger partial charge in [-0.15, -0.1) is 0 Å². The number of hydrogen-bond donors (Lipinski definition) is 1. The summed E-state index contributed by atoms with van der Waals surface area (Å²) in [4.78, 5) is 13.3. The first-order valence-corrected chi connectivity index (χ1v) is 5.86. The number of hydrogen-bond acceptors (Lipinski definition) is 4. The molecule has 1 aliphatic rings. The van der Waals surface area contributed by atoms with Gasteiger partial charge in [0.2, 0.25) is 0 Å². The van der Waals surface area contributed by atoms with Crippen LogP contribution in [0.5, 0.6) is 0 Å². The Hall–Kier alpha value is -1.97. The highest BCUT2D eigenvalue weighted by atomic mass is 15.0. The van der Waals surface area contributed by atoms with Crippen molar-refractivity contribution in [2.24, 2.45) is 0 Å². The number of aromatic nitrogens is 3. The van der Waals surface area contributed by atoms with Crippen molar-refractivity contribution in [2.75, 3.05) is 12.4 Å². The van der Waals surface area contributed by atoms with E-state index in [4.69, 9.17) is 0 Å². The van der Waals surface area contributed by atoms with Crippen molar-refractivity contribution in [3.63, 3.8) is 0 Å². The molecule has 0 saturated carbocycles. The van der Waals surface area contributed by atoms with Crippen LogP contribution in [0.3, 0.4) is 0 Å². The van der Waals surface area contributed by atoms with Crippen LogP contribution in [0.15, 0.2) is 24.5 Å². The second kappa shape index (κ2) is 4.13. The number of rotatable bonds is 2. The summed E-state index contributed by atoms with van der Waals surface area (Å²) in [6, 6.07) is 3.88. The Balaban J connectivity index is 2.13. The van der Waals surface area contributed by atoms with Crippen molar-refractivity contribution in [3.8, 4) is 11.4 Å². The Morgan fingerprint density at radius 2 is 1.94 bits per heavy atom. The third-order valence-electron chi connectivity index (χ3n) is 3.11. The van der Waals surface area contributed by atoms with Crippen LogP contribution in [0.25, 0.3) is 11.4 Å². The molecule has 0 atom stereocenters. The Bertz CT molecular complexity index is 537. The standard InChI is InChI=1S/C13H14N4/c1-14-13-10-3-2-4-11(10)16-12(17-13)9-5-7-15-8-6-9/h5-8H,2-4H2,1H3,(H,14,16,17). The smallest absolute Gasteiger partial charge is 0.161 e. The van der Waals surface area contributed by atoms with Crippen molar-refractivity contribution in [3.05, 3.63) is 35.8 Å². The maximum atomic E-state index is 4.65.